The van der Waals surface area contributed by atoms with Gasteiger partial charge in [-0.25, -0.2) is 4.79 Å². The molecule has 0 fully saturated rings. The van der Waals surface area contributed by atoms with Gasteiger partial charge in [0.1, 0.15) is 5.75 Å². The van der Waals surface area contributed by atoms with Crippen LogP contribution in [0.1, 0.15) is 18.9 Å². The number of urea groups is 1. The summed E-state index contributed by atoms with van der Waals surface area (Å²) in [5.74, 6) is 0.222. The van der Waals surface area contributed by atoms with Gasteiger partial charge in [-0.1, -0.05) is 6.07 Å². The van der Waals surface area contributed by atoms with Crippen LogP contribution in [0.15, 0.2) is 18.2 Å². The van der Waals surface area contributed by atoms with Crippen molar-refractivity contribution in [2.45, 2.75) is 25.9 Å². The number of amides is 3. The molecule has 0 aromatic heterocycles. The van der Waals surface area contributed by atoms with Crippen molar-refractivity contribution >= 4 is 17.6 Å². The Morgan fingerprint density at radius 1 is 1.40 bits per heavy atom. The SMILES string of the molecule is CNC(=O)NC(=O)C(C)Oc1cccc2c1CCCN2. The van der Waals surface area contributed by atoms with Crippen molar-refractivity contribution < 1.29 is 14.3 Å². The summed E-state index contributed by atoms with van der Waals surface area (Å²) in [4.78, 5) is 22.9. The summed E-state index contributed by atoms with van der Waals surface area (Å²) in [7, 11) is 1.45. The zero-order chi connectivity index (χ0) is 14.5. The molecule has 1 aliphatic heterocycles. The van der Waals surface area contributed by atoms with Gasteiger partial charge in [0.2, 0.25) is 0 Å². The zero-order valence-electron chi connectivity index (χ0n) is 11.7. The summed E-state index contributed by atoms with van der Waals surface area (Å²) in [6.07, 6.45) is 1.22. The average molecular weight is 277 g/mol. The molecule has 0 bridgehead atoms. The van der Waals surface area contributed by atoms with Gasteiger partial charge in [0, 0.05) is 24.8 Å². The number of ether oxygens (including phenoxy) is 1. The van der Waals surface area contributed by atoms with Crippen LogP contribution in [0.25, 0.3) is 0 Å². The molecular weight excluding hydrogens is 258 g/mol. The standard InChI is InChI=1S/C14H19N3O3/c1-9(13(18)17-14(19)15-2)20-12-7-3-6-11-10(12)5-4-8-16-11/h3,6-7,9,16H,4-5,8H2,1-2H3,(H2,15,17,18,19). The topological polar surface area (TPSA) is 79.5 Å². The first-order valence-corrected chi connectivity index (χ1v) is 6.67. The van der Waals surface area contributed by atoms with Crippen molar-refractivity contribution in [1.82, 2.24) is 10.6 Å². The van der Waals surface area contributed by atoms with Crippen LogP contribution in [-0.2, 0) is 11.2 Å². The first kappa shape index (κ1) is 14.2. The molecule has 0 aliphatic carbocycles. The smallest absolute Gasteiger partial charge is 0.321 e. The fourth-order valence-corrected chi connectivity index (χ4v) is 2.11. The monoisotopic (exact) mass is 277 g/mol. The minimum Gasteiger partial charge on any atom is -0.481 e. The van der Waals surface area contributed by atoms with E-state index in [1.165, 1.54) is 7.05 Å². The van der Waals surface area contributed by atoms with Gasteiger partial charge in [-0.05, 0) is 31.9 Å². The number of imide groups is 1. The molecule has 20 heavy (non-hydrogen) atoms. The van der Waals surface area contributed by atoms with Crippen LogP contribution in [-0.4, -0.2) is 31.6 Å². The molecule has 6 heteroatoms. The van der Waals surface area contributed by atoms with Crippen molar-refractivity contribution in [3.8, 4) is 5.75 Å². The second-order valence-corrected chi connectivity index (χ2v) is 4.64. The summed E-state index contributed by atoms with van der Waals surface area (Å²) in [5.41, 5.74) is 2.13. The molecule has 1 heterocycles. The Balaban J connectivity index is 2.06. The van der Waals surface area contributed by atoms with Crippen LogP contribution in [0.4, 0.5) is 10.5 Å². The highest BCUT2D eigenvalue weighted by Gasteiger charge is 2.20. The second kappa shape index (κ2) is 6.27. The predicted molar refractivity (Wildman–Crippen MR) is 75.9 cm³/mol. The molecule has 6 nitrogen and oxygen atoms in total. The van der Waals surface area contributed by atoms with E-state index in [1.54, 1.807) is 6.92 Å². The van der Waals surface area contributed by atoms with E-state index in [9.17, 15) is 9.59 Å². The first-order valence-electron chi connectivity index (χ1n) is 6.67. The Kier molecular flexibility index (Phi) is 4.45. The van der Waals surface area contributed by atoms with Crippen LogP contribution in [0.3, 0.4) is 0 Å². The molecule has 108 valence electrons. The molecule has 3 N–H and O–H groups in total. The van der Waals surface area contributed by atoms with Crippen molar-refractivity contribution in [2.24, 2.45) is 0 Å². The Bertz CT molecular complexity index is 516. The summed E-state index contributed by atoms with van der Waals surface area (Å²) in [6, 6.07) is 5.18. The van der Waals surface area contributed by atoms with Gasteiger partial charge in [0.15, 0.2) is 6.10 Å². The molecule has 0 saturated heterocycles. The van der Waals surface area contributed by atoms with Crippen molar-refractivity contribution in [3.05, 3.63) is 23.8 Å². The van der Waals surface area contributed by atoms with E-state index < -0.39 is 18.0 Å². The minimum absolute atomic E-state index is 0.467. The van der Waals surface area contributed by atoms with Gasteiger partial charge in [-0.3, -0.25) is 10.1 Å². The highest BCUT2D eigenvalue weighted by Crippen LogP contribution is 2.31. The van der Waals surface area contributed by atoms with Gasteiger partial charge < -0.3 is 15.4 Å². The summed E-state index contributed by atoms with van der Waals surface area (Å²) >= 11 is 0. The number of hydrogen-bond donors (Lipinski definition) is 3. The number of hydrogen-bond acceptors (Lipinski definition) is 4. The Labute approximate surface area is 117 Å². The maximum absolute atomic E-state index is 11.8. The van der Waals surface area contributed by atoms with E-state index in [1.807, 2.05) is 18.2 Å². The molecule has 1 aromatic rings. The zero-order valence-corrected chi connectivity index (χ0v) is 11.7. The number of anilines is 1. The molecule has 1 atom stereocenters. The normalized spacial score (nSPS) is 14.5. The lowest BCUT2D eigenvalue weighted by atomic mass is 10.0. The van der Waals surface area contributed by atoms with Gasteiger partial charge in [-0.15, -0.1) is 0 Å². The molecule has 1 unspecified atom stereocenters. The first-order chi connectivity index (χ1) is 9.61. The van der Waals surface area contributed by atoms with Crippen LogP contribution < -0.4 is 20.7 Å². The van der Waals surface area contributed by atoms with Gasteiger partial charge in [0.05, 0.1) is 0 Å². The van der Waals surface area contributed by atoms with Crippen LogP contribution >= 0.6 is 0 Å². The Morgan fingerprint density at radius 3 is 2.95 bits per heavy atom. The lowest BCUT2D eigenvalue weighted by Gasteiger charge is -2.22. The van der Waals surface area contributed by atoms with E-state index in [0.717, 1.165) is 30.6 Å². The van der Waals surface area contributed by atoms with Gasteiger partial charge in [-0.2, -0.15) is 0 Å². The quantitative estimate of drug-likeness (QED) is 0.777. The molecule has 0 spiro atoms. The average Bonchev–Trinajstić information content (AvgIpc) is 2.47. The van der Waals surface area contributed by atoms with Crippen LogP contribution in [0.2, 0.25) is 0 Å². The highest BCUT2D eigenvalue weighted by atomic mass is 16.5. The van der Waals surface area contributed by atoms with Gasteiger partial charge in [0.25, 0.3) is 5.91 Å². The molecule has 1 aliphatic rings. The van der Waals surface area contributed by atoms with E-state index >= 15 is 0 Å². The lowest BCUT2D eigenvalue weighted by molar-refractivity contribution is -0.126. The summed E-state index contributed by atoms with van der Waals surface area (Å²) in [5, 5.41) is 7.83. The Morgan fingerprint density at radius 2 is 2.20 bits per heavy atom. The summed E-state index contributed by atoms with van der Waals surface area (Å²) in [6.45, 7) is 2.57. The molecular formula is C14H19N3O3. The molecule has 2 rings (SSSR count). The van der Waals surface area contributed by atoms with Crippen molar-refractivity contribution in [2.75, 3.05) is 18.9 Å². The fraction of sp³-hybridized carbons (Fsp3) is 0.429. The largest absolute Gasteiger partial charge is 0.481 e. The molecule has 3 amide bonds. The van der Waals surface area contributed by atoms with Crippen molar-refractivity contribution in [1.29, 1.82) is 0 Å². The molecule has 0 saturated carbocycles. The third-order valence-electron chi connectivity index (χ3n) is 3.19. The van der Waals surface area contributed by atoms with E-state index in [-0.39, 0.29) is 0 Å². The maximum Gasteiger partial charge on any atom is 0.321 e. The number of rotatable bonds is 3. The number of benzene rings is 1. The Hall–Kier alpha value is -2.24. The number of carbonyl (C=O) groups excluding carboxylic acids is 2. The maximum atomic E-state index is 11.8. The van der Waals surface area contributed by atoms with E-state index in [4.69, 9.17) is 4.74 Å². The number of fused-ring (bicyclic) bond motifs is 1. The third kappa shape index (κ3) is 3.20. The third-order valence-corrected chi connectivity index (χ3v) is 3.19. The lowest BCUT2D eigenvalue weighted by Crippen LogP contribution is -2.44. The van der Waals surface area contributed by atoms with E-state index in [2.05, 4.69) is 16.0 Å². The minimum atomic E-state index is -0.735. The van der Waals surface area contributed by atoms with Crippen LogP contribution in [0.5, 0.6) is 5.75 Å². The summed E-state index contributed by atoms with van der Waals surface area (Å²) < 4.78 is 5.69. The van der Waals surface area contributed by atoms with Crippen LogP contribution in [0, 0.1) is 0 Å². The highest BCUT2D eigenvalue weighted by molar-refractivity contribution is 5.96. The van der Waals surface area contributed by atoms with Gasteiger partial charge >= 0.3 is 6.03 Å². The number of carbonyl (C=O) groups is 2. The molecule has 0 radical (unpaired) electrons. The van der Waals surface area contributed by atoms with Crippen molar-refractivity contribution in [3.63, 3.8) is 0 Å². The number of nitrogens with one attached hydrogen (secondary N) is 3. The van der Waals surface area contributed by atoms with E-state index in [0.29, 0.717) is 5.75 Å². The fourth-order valence-electron chi connectivity index (χ4n) is 2.11. The predicted octanol–water partition coefficient (Wildman–Crippen LogP) is 1.27. The molecule has 1 aromatic carbocycles. The second-order valence-electron chi connectivity index (χ2n) is 4.64.